The lowest BCUT2D eigenvalue weighted by atomic mass is 10.3. The first-order valence-corrected chi connectivity index (χ1v) is 9.45. The van der Waals surface area contributed by atoms with Crippen LogP contribution in [-0.2, 0) is 16.6 Å². The van der Waals surface area contributed by atoms with Crippen molar-refractivity contribution >= 4 is 50.2 Å². The van der Waals surface area contributed by atoms with Crippen LogP contribution >= 0.6 is 34.5 Å². The predicted octanol–water partition coefficient (Wildman–Crippen LogP) is 4.17. The van der Waals surface area contributed by atoms with E-state index in [1.165, 1.54) is 27.8 Å². The number of sulfonamides is 1. The summed E-state index contributed by atoms with van der Waals surface area (Å²) in [6.07, 6.45) is 0. The Hall–Kier alpha value is -1.19. The molecule has 0 aliphatic carbocycles. The van der Waals surface area contributed by atoms with Crippen molar-refractivity contribution in [2.45, 2.75) is 18.4 Å². The second-order valence-corrected chi connectivity index (χ2v) is 8.65. The molecule has 0 aliphatic rings. The highest BCUT2D eigenvalue weighted by Crippen LogP contribution is 2.30. The largest absolute Gasteiger partial charge is 0.289 e. The molecule has 0 saturated heterocycles. The Bertz CT molecular complexity index is 836. The number of nitro benzene ring substituents is 1. The van der Waals surface area contributed by atoms with E-state index in [0.29, 0.717) is 4.34 Å². The fraction of sp³-hybridized carbons (Fsp3) is 0.231. The molecule has 0 fully saturated rings. The minimum absolute atomic E-state index is 0.109. The molecule has 124 valence electrons. The smallest absolute Gasteiger partial charge is 0.258 e. The number of rotatable bonds is 6. The van der Waals surface area contributed by atoms with E-state index in [2.05, 4.69) is 0 Å². The molecule has 0 amide bonds. The van der Waals surface area contributed by atoms with E-state index >= 15 is 0 Å². The molecule has 1 heterocycles. The van der Waals surface area contributed by atoms with Gasteiger partial charge in [0.15, 0.2) is 0 Å². The van der Waals surface area contributed by atoms with Gasteiger partial charge < -0.3 is 0 Å². The third-order valence-corrected chi connectivity index (χ3v) is 6.52. The maximum Gasteiger partial charge on any atom is 0.289 e. The fourth-order valence-electron chi connectivity index (χ4n) is 1.92. The Balaban J connectivity index is 2.39. The van der Waals surface area contributed by atoms with Crippen LogP contribution in [0.2, 0.25) is 9.36 Å². The first kappa shape index (κ1) is 18.2. The highest BCUT2D eigenvalue weighted by Gasteiger charge is 2.26. The molecule has 23 heavy (non-hydrogen) atoms. The summed E-state index contributed by atoms with van der Waals surface area (Å²) < 4.78 is 27.2. The first-order chi connectivity index (χ1) is 10.8. The topological polar surface area (TPSA) is 80.5 Å². The second kappa shape index (κ2) is 7.14. The zero-order chi connectivity index (χ0) is 17.2. The van der Waals surface area contributed by atoms with E-state index < -0.39 is 20.6 Å². The number of nitro groups is 1. The van der Waals surface area contributed by atoms with Crippen molar-refractivity contribution in [1.29, 1.82) is 0 Å². The molecule has 0 saturated carbocycles. The average molecular weight is 395 g/mol. The van der Waals surface area contributed by atoms with Gasteiger partial charge in [0.1, 0.15) is 5.02 Å². The standard InChI is InChI=1S/C13H12Cl2N2O4S2/c1-2-16(8-9-3-6-13(15)22-9)23(20,21)10-4-5-11(14)12(7-10)17(18)19/h3-7H,2,8H2,1H3. The van der Waals surface area contributed by atoms with Crippen LogP contribution in [-0.4, -0.2) is 24.2 Å². The summed E-state index contributed by atoms with van der Waals surface area (Å²) in [6.45, 7) is 2.05. The van der Waals surface area contributed by atoms with Gasteiger partial charge in [-0.2, -0.15) is 4.31 Å². The molecule has 10 heteroatoms. The van der Waals surface area contributed by atoms with Crippen LogP contribution in [0.5, 0.6) is 0 Å². The summed E-state index contributed by atoms with van der Waals surface area (Å²) in [5.41, 5.74) is -0.442. The summed E-state index contributed by atoms with van der Waals surface area (Å²) >= 11 is 12.9. The van der Waals surface area contributed by atoms with Crippen LogP contribution in [0.25, 0.3) is 0 Å². The van der Waals surface area contributed by atoms with Gasteiger partial charge in [-0.1, -0.05) is 30.1 Å². The third kappa shape index (κ3) is 4.02. The van der Waals surface area contributed by atoms with Crippen LogP contribution < -0.4 is 0 Å². The molecule has 0 radical (unpaired) electrons. The lowest BCUT2D eigenvalue weighted by molar-refractivity contribution is -0.384. The summed E-state index contributed by atoms with van der Waals surface area (Å²) in [4.78, 5) is 10.8. The summed E-state index contributed by atoms with van der Waals surface area (Å²) in [5, 5.41) is 10.8. The van der Waals surface area contributed by atoms with Crippen molar-refractivity contribution in [3.63, 3.8) is 0 Å². The van der Waals surface area contributed by atoms with Gasteiger partial charge in [-0.25, -0.2) is 8.42 Å². The van der Waals surface area contributed by atoms with Crippen molar-refractivity contribution in [1.82, 2.24) is 4.31 Å². The van der Waals surface area contributed by atoms with E-state index in [0.717, 1.165) is 10.9 Å². The average Bonchev–Trinajstić information content (AvgIpc) is 2.89. The Morgan fingerprint density at radius 1 is 1.26 bits per heavy atom. The zero-order valence-electron chi connectivity index (χ0n) is 11.9. The van der Waals surface area contributed by atoms with Gasteiger partial charge in [-0.15, -0.1) is 11.3 Å². The summed E-state index contributed by atoms with van der Waals surface area (Å²) in [7, 11) is -3.88. The third-order valence-electron chi connectivity index (χ3n) is 3.07. The molecule has 0 spiro atoms. The molecule has 2 aromatic rings. The molecule has 0 bridgehead atoms. The molecule has 1 aromatic carbocycles. The van der Waals surface area contributed by atoms with E-state index in [-0.39, 0.29) is 23.0 Å². The number of halogens is 2. The lowest BCUT2D eigenvalue weighted by Gasteiger charge is -2.19. The van der Waals surface area contributed by atoms with Gasteiger partial charge in [0.05, 0.1) is 14.2 Å². The quantitative estimate of drug-likeness (QED) is 0.543. The normalized spacial score (nSPS) is 11.8. The second-order valence-electron chi connectivity index (χ2n) is 4.51. The molecule has 0 atom stereocenters. The summed E-state index contributed by atoms with van der Waals surface area (Å²) in [5.74, 6) is 0. The van der Waals surface area contributed by atoms with Crippen LogP contribution in [0.4, 0.5) is 5.69 Å². The lowest BCUT2D eigenvalue weighted by Crippen LogP contribution is -2.30. The highest BCUT2D eigenvalue weighted by atomic mass is 35.5. The Morgan fingerprint density at radius 3 is 2.48 bits per heavy atom. The molecular formula is C13H12Cl2N2O4S2. The molecule has 0 N–H and O–H groups in total. The monoisotopic (exact) mass is 394 g/mol. The predicted molar refractivity (Wildman–Crippen MR) is 90.7 cm³/mol. The minimum Gasteiger partial charge on any atom is -0.258 e. The van der Waals surface area contributed by atoms with Crippen molar-refractivity contribution in [3.8, 4) is 0 Å². The molecule has 6 nitrogen and oxygen atoms in total. The number of hydrogen-bond acceptors (Lipinski definition) is 5. The van der Waals surface area contributed by atoms with Gasteiger partial charge in [0.2, 0.25) is 10.0 Å². The van der Waals surface area contributed by atoms with Crippen molar-refractivity contribution in [2.24, 2.45) is 0 Å². The van der Waals surface area contributed by atoms with Gasteiger partial charge in [-0.3, -0.25) is 10.1 Å². The molecule has 0 aliphatic heterocycles. The highest BCUT2D eigenvalue weighted by molar-refractivity contribution is 7.89. The van der Waals surface area contributed by atoms with Gasteiger partial charge in [0, 0.05) is 24.0 Å². The van der Waals surface area contributed by atoms with Crippen LogP contribution in [0, 0.1) is 10.1 Å². The van der Waals surface area contributed by atoms with Crippen molar-refractivity contribution in [3.05, 3.63) is 54.7 Å². The number of nitrogens with zero attached hydrogens (tertiary/aromatic N) is 2. The maximum absolute atomic E-state index is 12.7. The molecule has 1 aromatic heterocycles. The fourth-order valence-corrected chi connectivity index (χ4v) is 4.74. The van der Waals surface area contributed by atoms with Crippen molar-refractivity contribution in [2.75, 3.05) is 6.54 Å². The van der Waals surface area contributed by atoms with E-state index in [1.54, 1.807) is 19.1 Å². The van der Waals surface area contributed by atoms with Gasteiger partial charge in [0.25, 0.3) is 5.69 Å². The number of thiophene rings is 1. The van der Waals surface area contributed by atoms with E-state index in [9.17, 15) is 18.5 Å². The van der Waals surface area contributed by atoms with Gasteiger partial charge in [-0.05, 0) is 24.3 Å². The van der Waals surface area contributed by atoms with Crippen molar-refractivity contribution < 1.29 is 13.3 Å². The molecule has 0 unspecified atom stereocenters. The van der Waals surface area contributed by atoms with Gasteiger partial charge >= 0.3 is 0 Å². The van der Waals surface area contributed by atoms with Crippen LogP contribution in [0.1, 0.15) is 11.8 Å². The molecule has 2 rings (SSSR count). The number of hydrogen-bond donors (Lipinski definition) is 0. The minimum atomic E-state index is -3.88. The van der Waals surface area contributed by atoms with E-state index in [1.807, 2.05) is 0 Å². The Kier molecular flexibility index (Phi) is 5.64. The zero-order valence-corrected chi connectivity index (χ0v) is 15.0. The Labute approximate surface area is 147 Å². The Morgan fingerprint density at radius 2 is 1.96 bits per heavy atom. The van der Waals surface area contributed by atoms with E-state index in [4.69, 9.17) is 23.2 Å². The number of benzene rings is 1. The maximum atomic E-state index is 12.7. The summed E-state index contributed by atoms with van der Waals surface area (Å²) in [6, 6.07) is 6.88. The van der Waals surface area contributed by atoms with Crippen LogP contribution in [0.15, 0.2) is 35.2 Å². The first-order valence-electron chi connectivity index (χ1n) is 6.44. The molecular weight excluding hydrogens is 383 g/mol. The van der Waals surface area contributed by atoms with Crippen LogP contribution in [0.3, 0.4) is 0 Å². The SMILES string of the molecule is CCN(Cc1ccc(Cl)s1)S(=O)(=O)c1ccc(Cl)c([N+](=O)[O-])c1.